The molecule has 0 unspecified atom stereocenters. The minimum atomic E-state index is -0.710. The van der Waals surface area contributed by atoms with Crippen LogP contribution in [0.4, 0.5) is 8.78 Å². The summed E-state index contributed by atoms with van der Waals surface area (Å²) in [5, 5.41) is 2.10. The zero-order chi connectivity index (χ0) is 10.9. The van der Waals surface area contributed by atoms with Crippen molar-refractivity contribution in [1.82, 2.24) is 0 Å². The van der Waals surface area contributed by atoms with Gasteiger partial charge in [-0.2, -0.15) is 0 Å². The van der Waals surface area contributed by atoms with Gasteiger partial charge in [0.25, 0.3) is 0 Å². The second-order valence-electron chi connectivity index (χ2n) is 3.81. The van der Waals surface area contributed by atoms with Crippen LogP contribution in [-0.4, -0.2) is 17.6 Å². The zero-order valence-electron chi connectivity index (χ0n) is 8.91. The molecular weight excluding hydrogens is 214 g/mol. The quantitative estimate of drug-likeness (QED) is 0.678. The third-order valence-corrected chi connectivity index (χ3v) is 5.37. The van der Waals surface area contributed by atoms with Gasteiger partial charge in [-0.15, -0.1) is 0 Å². The molecule has 0 saturated heterocycles. The molecule has 0 nitrogen and oxygen atoms in total. The van der Waals surface area contributed by atoms with Gasteiger partial charge in [0.1, 0.15) is 0 Å². The molecule has 0 aliphatic carbocycles. The third-order valence-electron chi connectivity index (χ3n) is 2.14. The lowest BCUT2D eigenvalue weighted by Crippen LogP contribution is -2.44. The van der Waals surface area contributed by atoms with Crippen molar-refractivity contribution in [3.05, 3.63) is 23.8 Å². The molecule has 4 heteroatoms. The second-order valence-corrected chi connectivity index (χ2v) is 8.89. The van der Waals surface area contributed by atoms with E-state index in [9.17, 15) is 8.78 Å². The van der Waals surface area contributed by atoms with Crippen molar-refractivity contribution in [2.75, 3.05) is 0 Å². The summed E-state index contributed by atoms with van der Waals surface area (Å²) < 4.78 is 26.1. The van der Waals surface area contributed by atoms with Crippen molar-refractivity contribution in [3.63, 3.8) is 0 Å². The van der Waals surface area contributed by atoms with Crippen molar-refractivity contribution in [2.24, 2.45) is 0 Å². The number of halogens is 2. The van der Waals surface area contributed by atoms with E-state index in [1.807, 2.05) is 0 Å². The molecule has 0 saturated carbocycles. The monoisotopic (exact) mass is 228 g/mol. The molecule has 0 spiro atoms. The Hall–Kier alpha value is -0.486. The van der Waals surface area contributed by atoms with Crippen LogP contribution in [0, 0.1) is 11.6 Å². The zero-order valence-corrected chi connectivity index (χ0v) is 10.9. The van der Waals surface area contributed by atoms with E-state index in [-0.39, 0.29) is 0 Å². The highest BCUT2D eigenvalue weighted by Gasteiger charge is 2.15. The van der Waals surface area contributed by atoms with Crippen LogP contribution in [0.3, 0.4) is 0 Å². The van der Waals surface area contributed by atoms with Crippen LogP contribution in [0.2, 0.25) is 26.2 Å². The first-order valence-corrected chi connectivity index (χ1v) is 9.53. The normalized spacial score (nSPS) is 11.4. The van der Waals surface area contributed by atoms with E-state index >= 15 is 0 Å². The maximum absolute atomic E-state index is 13.0. The van der Waals surface area contributed by atoms with E-state index in [4.69, 9.17) is 0 Å². The molecular formula is C10H14F2Si2. The molecule has 1 rings (SSSR count). The van der Waals surface area contributed by atoms with Gasteiger partial charge < -0.3 is 0 Å². The Morgan fingerprint density at radius 1 is 0.786 bits per heavy atom. The molecule has 0 fully saturated rings. The Morgan fingerprint density at radius 3 is 1.29 bits per heavy atom. The molecule has 0 bridgehead atoms. The van der Waals surface area contributed by atoms with Gasteiger partial charge in [0.15, 0.2) is 11.6 Å². The van der Waals surface area contributed by atoms with Crippen molar-refractivity contribution in [2.45, 2.75) is 26.2 Å². The Labute approximate surface area is 87.2 Å². The van der Waals surface area contributed by atoms with Gasteiger partial charge in [-0.05, 0) is 12.1 Å². The third kappa shape index (κ3) is 2.30. The lowest BCUT2D eigenvalue weighted by atomic mass is 10.3. The minimum absolute atomic E-state index is 0.706. The van der Waals surface area contributed by atoms with Crippen LogP contribution in [-0.2, 0) is 0 Å². The highest BCUT2D eigenvalue weighted by atomic mass is 28.3. The SMILES string of the molecule is C[Si](C)c1cc(F)c(F)cc1[Si](C)C. The number of hydrogen-bond acceptors (Lipinski definition) is 0. The Balaban J connectivity index is 3.31. The molecule has 1 aromatic carbocycles. The summed E-state index contributed by atoms with van der Waals surface area (Å²) in [4.78, 5) is 0. The van der Waals surface area contributed by atoms with Crippen LogP contribution in [0.5, 0.6) is 0 Å². The summed E-state index contributed by atoms with van der Waals surface area (Å²) in [7, 11) is -1.41. The molecule has 0 aliphatic rings. The number of benzene rings is 1. The molecule has 1 aromatic rings. The van der Waals surface area contributed by atoms with Gasteiger partial charge in [0, 0.05) is 0 Å². The average Bonchev–Trinajstić information content (AvgIpc) is 2.08. The fraction of sp³-hybridized carbons (Fsp3) is 0.400. The number of hydrogen-bond donors (Lipinski definition) is 0. The van der Waals surface area contributed by atoms with E-state index in [0.29, 0.717) is 0 Å². The summed E-state index contributed by atoms with van der Waals surface area (Å²) in [6.07, 6.45) is 0. The Morgan fingerprint density at radius 2 is 1.07 bits per heavy atom. The molecule has 0 amide bonds. The summed E-state index contributed by atoms with van der Waals surface area (Å²) in [6, 6.07) is 2.77. The number of rotatable bonds is 2. The second kappa shape index (κ2) is 4.36. The Bertz CT molecular complexity index is 302. The minimum Gasteiger partial charge on any atom is -0.204 e. The van der Waals surface area contributed by atoms with Crippen LogP contribution in [0.15, 0.2) is 12.1 Å². The highest BCUT2D eigenvalue weighted by Crippen LogP contribution is 2.02. The molecule has 76 valence electrons. The van der Waals surface area contributed by atoms with E-state index in [2.05, 4.69) is 26.2 Å². The van der Waals surface area contributed by atoms with Gasteiger partial charge in [-0.1, -0.05) is 36.6 Å². The highest BCUT2D eigenvalue weighted by molar-refractivity contribution is 6.82. The van der Waals surface area contributed by atoms with Crippen LogP contribution in [0.1, 0.15) is 0 Å². The smallest absolute Gasteiger partial charge is 0.158 e. The first-order chi connectivity index (χ1) is 6.43. The molecule has 0 aliphatic heterocycles. The molecule has 0 aromatic heterocycles. The molecule has 14 heavy (non-hydrogen) atoms. The van der Waals surface area contributed by atoms with E-state index in [1.165, 1.54) is 12.1 Å². The Kier molecular flexibility index (Phi) is 3.61. The largest absolute Gasteiger partial charge is 0.204 e. The van der Waals surface area contributed by atoms with Crippen molar-refractivity contribution in [3.8, 4) is 0 Å². The predicted molar refractivity (Wildman–Crippen MR) is 60.6 cm³/mol. The first-order valence-electron chi connectivity index (χ1n) is 4.53. The maximum Gasteiger partial charge on any atom is 0.158 e. The van der Waals surface area contributed by atoms with E-state index < -0.39 is 29.2 Å². The molecule has 0 N–H and O–H groups in total. The van der Waals surface area contributed by atoms with Gasteiger partial charge in [-0.3, -0.25) is 0 Å². The predicted octanol–water partition coefficient (Wildman–Crippen LogP) is 1.89. The summed E-state index contributed by atoms with van der Waals surface area (Å²) in [5.41, 5.74) is 0. The molecule has 0 atom stereocenters. The summed E-state index contributed by atoms with van der Waals surface area (Å²) >= 11 is 0. The fourth-order valence-electron chi connectivity index (χ4n) is 1.37. The summed E-state index contributed by atoms with van der Waals surface area (Å²) in [5.74, 6) is -1.42. The standard InChI is InChI=1S/C10H14F2Si2/c1-13(2)9-5-7(11)8(12)6-10(9)14(3)4/h5-6H,1-4H3. The van der Waals surface area contributed by atoms with Gasteiger partial charge in [-0.25, -0.2) is 8.78 Å². The molecule has 0 heterocycles. The topological polar surface area (TPSA) is 0 Å². The van der Waals surface area contributed by atoms with E-state index in [1.54, 1.807) is 0 Å². The van der Waals surface area contributed by atoms with Gasteiger partial charge >= 0.3 is 0 Å². The molecule has 2 radical (unpaired) electrons. The first kappa shape index (κ1) is 11.6. The van der Waals surface area contributed by atoms with Gasteiger partial charge in [0.2, 0.25) is 0 Å². The van der Waals surface area contributed by atoms with Crippen molar-refractivity contribution < 1.29 is 8.78 Å². The van der Waals surface area contributed by atoms with Gasteiger partial charge in [0.05, 0.1) is 17.6 Å². The maximum atomic E-state index is 13.0. The van der Waals surface area contributed by atoms with Crippen LogP contribution < -0.4 is 10.4 Å². The fourth-order valence-corrected chi connectivity index (χ4v) is 4.93. The van der Waals surface area contributed by atoms with Crippen LogP contribution >= 0.6 is 0 Å². The average molecular weight is 228 g/mol. The van der Waals surface area contributed by atoms with E-state index in [0.717, 1.165) is 10.4 Å². The summed E-state index contributed by atoms with van der Waals surface area (Å²) in [6.45, 7) is 8.41. The van der Waals surface area contributed by atoms with Crippen molar-refractivity contribution >= 4 is 28.0 Å². The van der Waals surface area contributed by atoms with Crippen LogP contribution in [0.25, 0.3) is 0 Å². The van der Waals surface area contributed by atoms with Crippen molar-refractivity contribution in [1.29, 1.82) is 0 Å². The lowest BCUT2D eigenvalue weighted by molar-refractivity contribution is 0.510. The lowest BCUT2D eigenvalue weighted by Gasteiger charge is -2.14.